The normalized spacial score (nSPS) is 15.6. The fourth-order valence-corrected chi connectivity index (χ4v) is 6.19. The SMILES string of the molecule is Cn1cc(-c2ccnc(-n3ccn4c5c(cc4c3=O)CC(C)(C)C5)c2C=O)cc(Nc2cc3n(n2)CCNC3)c1=O. The van der Waals surface area contributed by atoms with Gasteiger partial charge in [-0.1, -0.05) is 13.8 Å². The van der Waals surface area contributed by atoms with Crippen molar-refractivity contribution < 1.29 is 4.79 Å². The van der Waals surface area contributed by atoms with Crippen molar-refractivity contribution in [1.29, 1.82) is 0 Å². The van der Waals surface area contributed by atoms with Gasteiger partial charge in [-0.2, -0.15) is 5.10 Å². The molecule has 5 aromatic rings. The molecule has 0 saturated carbocycles. The van der Waals surface area contributed by atoms with Gasteiger partial charge in [-0.15, -0.1) is 0 Å². The predicted octanol–water partition coefficient (Wildman–Crippen LogP) is 2.83. The third-order valence-corrected chi connectivity index (χ3v) is 8.09. The number of aromatic nitrogens is 6. The molecule has 0 unspecified atom stereocenters. The fraction of sp³-hybridized carbons (Fsp3) is 0.300. The largest absolute Gasteiger partial charge is 0.334 e. The number of anilines is 2. The van der Waals surface area contributed by atoms with Crippen molar-refractivity contribution >= 4 is 23.3 Å². The van der Waals surface area contributed by atoms with E-state index >= 15 is 0 Å². The maximum atomic E-state index is 13.7. The quantitative estimate of drug-likeness (QED) is 0.323. The summed E-state index contributed by atoms with van der Waals surface area (Å²) in [7, 11) is 1.66. The zero-order valence-corrected chi connectivity index (χ0v) is 23.1. The number of carbonyl (C=O) groups excluding carboxylic acids is 1. The van der Waals surface area contributed by atoms with Gasteiger partial charge in [0.25, 0.3) is 11.1 Å². The number of pyridine rings is 2. The van der Waals surface area contributed by atoms with Gasteiger partial charge in [-0.25, -0.2) is 4.98 Å². The summed E-state index contributed by atoms with van der Waals surface area (Å²) in [4.78, 5) is 43.7. The topological polar surface area (TPSA) is 120 Å². The van der Waals surface area contributed by atoms with Crippen molar-refractivity contribution in [2.24, 2.45) is 12.5 Å². The van der Waals surface area contributed by atoms with Crippen LogP contribution in [0.1, 0.15) is 41.2 Å². The van der Waals surface area contributed by atoms with E-state index in [1.165, 1.54) is 14.7 Å². The Morgan fingerprint density at radius 2 is 1.95 bits per heavy atom. The molecular weight excluding hydrogens is 520 g/mol. The molecule has 0 atom stereocenters. The summed E-state index contributed by atoms with van der Waals surface area (Å²) in [5.74, 6) is 0.815. The van der Waals surface area contributed by atoms with Crippen molar-refractivity contribution in [3.8, 4) is 16.9 Å². The van der Waals surface area contributed by atoms with Crippen molar-refractivity contribution in [2.45, 2.75) is 39.8 Å². The standard InChI is InChI=1S/C30H30N8O3/c1-30(2)13-18-11-24-29(41)37(9-8-36(24)25(18)14-30)27-22(17-39)21(4-5-32-27)19-10-23(28(40)35(3)16-19)33-26-12-20-15-31-6-7-38(20)34-26/h4-5,8-12,16-17,31H,6-7,13-15H2,1-3H3,(H,33,34). The summed E-state index contributed by atoms with van der Waals surface area (Å²) in [6.07, 6.45) is 9.31. The number of fused-ring (bicyclic) bond motifs is 4. The molecule has 11 nitrogen and oxygen atoms in total. The molecule has 0 amide bonds. The third-order valence-electron chi connectivity index (χ3n) is 8.09. The molecule has 2 N–H and O–H groups in total. The zero-order chi connectivity index (χ0) is 28.5. The molecule has 7 rings (SSSR count). The Hall–Kier alpha value is -4.77. The van der Waals surface area contributed by atoms with Crippen LogP contribution in [0.25, 0.3) is 22.5 Å². The molecule has 1 aliphatic heterocycles. The average Bonchev–Trinajstić information content (AvgIpc) is 3.60. The number of hydrogen-bond donors (Lipinski definition) is 2. The smallest absolute Gasteiger partial charge is 0.280 e. The Bertz CT molecular complexity index is 1970. The van der Waals surface area contributed by atoms with E-state index in [-0.39, 0.29) is 27.9 Å². The van der Waals surface area contributed by atoms with Crippen LogP contribution in [0.4, 0.5) is 11.5 Å². The minimum Gasteiger partial charge on any atom is -0.334 e. The van der Waals surface area contributed by atoms with E-state index in [1.807, 2.05) is 27.4 Å². The molecule has 6 heterocycles. The number of aryl methyl sites for hydroxylation is 1. The second-order valence-electron chi connectivity index (χ2n) is 11.7. The second kappa shape index (κ2) is 9.13. The minimum absolute atomic E-state index is 0.166. The van der Waals surface area contributed by atoms with E-state index in [1.54, 1.807) is 37.8 Å². The van der Waals surface area contributed by atoms with Crippen LogP contribution in [0.15, 0.2) is 58.6 Å². The second-order valence-corrected chi connectivity index (χ2v) is 11.7. The fourth-order valence-electron chi connectivity index (χ4n) is 6.19. The molecule has 0 aromatic carbocycles. The monoisotopic (exact) mass is 550 g/mol. The number of nitrogens with one attached hydrogen (secondary N) is 2. The molecule has 0 spiro atoms. The Kier molecular flexibility index (Phi) is 5.62. The van der Waals surface area contributed by atoms with E-state index in [4.69, 9.17) is 0 Å². The van der Waals surface area contributed by atoms with Crippen LogP contribution >= 0.6 is 0 Å². The summed E-state index contributed by atoms with van der Waals surface area (Å²) < 4.78 is 6.77. The van der Waals surface area contributed by atoms with Gasteiger partial charge in [-0.05, 0) is 47.6 Å². The van der Waals surface area contributed by atoms with Crippen LogP contribution in [0.3, 0.4) is 0 Å². The molecule has 11 heteroatoms. The van der Waals surface area contributed by atoms with Crippen molar-refractivity contribution in [3.05, 3.63) is 92.3 Å². The molecule has 0 radical (unpaired) electrons. The maximum absolute atomic E-state index is 13.7. The van der Waals surface area contributed by atoms with Gasteiger partial charge in [0.15, 0.2) is 17.9 Å². The first-order chi connectivity index (χ1) is 19.7. The van der Waals surface area contributed by atoms with Crippen LogP contribution in [-0.4, -0.2) is 41.1 Å². The highest BCUT2D eigenvalue weighted by Gasteiger charge is 2.32. The van der Waals surface area contributed by atoms with Gasteiger partial charge in [0.2, 0.25) is 0 Å². The lowest BCUT2D eigenvalue weighted by atomic mass is 9.90. The van der Waals surface area contributed by atoms with Gasteiger partial charge in [0, 0.05) is 62.2 Å². The predicted molar refractivity (Wildman–Crippen MR) is 155 cm³/mol. The van der Waals surface area contributed by atoms with E-state index in [9.17, 15) is 14.4 Å². The zero-order valence-electron chi connectivity index (χ0n) is 23.1. The molecule has 0 fully saturated rings. The average molecular weight is 551 g/mol. The Balaban J connectivity index is 1.31. The number of hydrogen-bond acceptors (Lipinski definition) is 7. The Morgan fingerprint density at radius 3 is 2.76 bits per heavy atom. The highest BCUT2D eigenvalue weighted by atomic mass is 16.1. The first-order valence-corrected chi connectivity index (χ1v) is 13.7. The lowest BCUT2D eigenvalue weighted by molar-refractivity contribution is 0.112. The van der Waals surface area contributed by atoms with Gasteiger partial charge < -0.3 is 19.6 Å². The summed E-state index contributed by atoms with van der Waals surface area (Å²) in [6, 6.07) is 7.30. The van der Waals surface area contributed by atoms with Crippen LogP contribution < -0.4 is 21.8 Å². The van der Waals surface area contributed by atoms with Crippen molar-refractivity contribution in [1.82, 2.24) is 33.6 Å². The summed E-state index contributed by atoms with van der Waals surface area (Å²) in [5.41, 5.74) is 5.40. The van der Waals surface area contributed by atoms with E-state index < -0.39 is 0 Å². The molecule has 41 heavy (non-hydrogen) atoms. The lowest BCUT2D eigenvalue weighted by Crippen LogP contribution is -2.28. The highest BCUT2D eigenvalue weighted by molar-refractivity contribution is 5.91. The minimum atomic E-state index is -0.242. The van der Waals surface area contributed by atoms with Gasteiger partial charge in [-0.3, -0.25) is 23.6 Å². The first kappa shape index (κ1) is 25.2. The van der Waals surface area contributed by atoms with Crippen molar-refractivity contribution in [2.75, 3.05) is 11.9 Å². The van der Waals surface area contributed by atoms with Crippen LogP contribution in [0.2, 0.25) is 0 Å². The van der Waals surface area contributed by atoms with Crippen LogP contribution in [0, 0.1) is 5.41 Å². The summed E-state index contributed by atoms with van der Waals surface area (Å²) >= 11 is 0. The lowest BCUT2D eigenvalue weighted by Gasteiger charge is -2.16. The van der Waals surface area contributed by atoms with Crippen LogP contribution in [-0.2, 0) is 33.0 Å². The molecule has 5 aromatic heterocycles. The number of aldehydes is 1. The van der Waals surface area contributed by atoms with Gasteiger partial charge >= 0.3 is 0 Å². The number of carbonyl (C=O) groups is 1. The first-order valence-electron chi connectivity index (χ1n) is 13.7. The van der Waals surface area contributed by atoms with Crippen molar-refractivity contribution in [3.63, 3.8) is 0 Å². The molecule has 2 aliphatic rings. The van der Waals surface area contributed by atoms with Gasteiger partial charge in [0.1, 0.15) is 11.2 Å². The molecule has 0 saturated heterocycles. The van der Waals surface area contributed by atoms with E-state index in [0.29, 0.717) is 41.0 Å². The van der Waals surface area contributed by atoms with E-state index in [2.05, 4.69) is 34.6 Å². The summed E-state index contributed by atoms with van der Waals surface area (Å²) in [5, 5.41) is 11.0. The number of rotatable bonds is 5. The van der Waals surface area contributed by atoms with E-state index in [0.717, 1.165) is 37.3 Å². The van der Waals surface area contributed by atoms with Gasteiger partial charge in [0.05, 0.1) is 17.8 Å². The highest BCUT2D eigenvalue weighted by Crippen LogP contribution is 2.37. The molecule has 1 aliphatic carbocycles. The Morgan fingerprint density at radius 1 is 1.10 bits per heavy atom. The molecular formula is C30H30N8O3. The molecule has 0 bridgehead atoms. The van der Waals surface area contributed by atoms with Crippen LogP contribution in [0.5, 0.6) is 0 Å². The maximum Gasteiger partial charge on any atom is 0.280 e. The number of nitrogens with zero attached hydrogens (tertiary/aromatic N) is 6. The summed E-state index contributed by atoms with van der Waals surface area (Å²) in [6.45, 7) is 6.77. The Labute approximate surface area is 235 Å². The third kappa shape index (κ3) is 4.12. The molecule has 208 valence electrons.